The van der Waals surface area contributed by atoms with Crippen molar-refractivity contribution in [3.63, 3.8) is 0 Å². The zero-order valence-corrected chi connectivity index (χ0v) is 17.5. The molecule has 0 saturated heterocycles. The van der Waals surface area contributed by atoms with Crippen LogP contribution in [0.2, 0.25) is 0 Å². The second kappa shape index (κ2) is 6.01. The maximum atomic E-state index is 11.3. The zero-order chi connectivity index (χ0) is 19.4. The predicted octanol–water partition coefficient (Wildman–Crippen LogP) is 6.93. The molecule has 0 radical (unpaired) electrons. The lowest BCUT2D eigenvalue weighted by atomic mass is 9.77. The minimum absolute atomic E-state index is 0.0284. The minimum Gasteiger partial charge on any atom is -0.507 e. The predicted molar refractivity (Wildman–Crippen MR) is 112 cm³/mol. The standard InChI is InChI=1S/C25H32O/c1-15-16(2)22(19-12-10-9-11-18(15)19)20-13-17(24(3,4)5)14-21(23(20)26)25(6,7)8/h9-15,26H,1-8H3. The van der Waals surface area contributed by atoms with E-state index in [-0.39, 0.29) is 10.8 Å². The number of phenols is 1. The molecule has 2 aromatic carbocycles. The lowest BCUT2D eigenvalue weighted by Crippen LogP contribution is -2.17. The first kappa shape index (κ1) is 18.8. The molecule has 0 heterocycles. The Hall–Kier alpha value is -2.02. The normalized spacial score (nSPS) is 17.6. The molecular weight excluding hydrogens is 316 g/mol. The molecular formula is C25H32O. The van der Waals surface area contributed by atoms with Crippen LogP contribution in [-0.4, -0.2) is 5.11 Å². The summed E-state index contributed by atoms with van der Waals surface area (Å²) in [6.07, 6.45) is 0. The van der Waals surface area contributed by atoms with Crippen molar-refractivity contribution in [2.24, 2.45) is 0 Å². The molecule has 0 spiro atoms. The molecule has 1 heteroatoms. The molecule has 1 N–H and O–H groups in total. The Morgan fingerprint density at radius 2 is 1.46 bits per heavy atom. The molecule has 1 aliphatic rings. The summed E-state index contributed by atoms with van der Waals surface area (Å²) in [5, 5.41) is 11.3. The van der Waals surface area contributed by atoms with Gasteiger partial charge in [0, 0.05) is 17.0 Å². The number of fused-ring (bicyclic) bond motifs is 1. The Labute approximate surface area is 158 Å². The van der Waals surface area contributed by atoms with Crippen LogP contribution >= 0.6 is 0 Å². The molecule has 0 amide bonds. The smallest absolute Gasteiger partial charge is 0.127 e. The number of rotatable bonds is 1. The van der Waals surface area contributed by atoms with Gasteiger partial charge in [0.2, 0.25) is 0 Å². The van der Waals surface area contributed by atoms with Crippen molar-refractivity contribution in [2.45, 2.75) is 72.1 Å². The van der Waals surface area contributed by atoms with Crippen molar-refractivity contribution in [1.29, 1.82) is 0 Å². The van der Waals surface area contributed by atoms with E-state index >= 15 is 0 Å². The minimum atomic E-state index is -0.113. The highest BCUT2D eigenvalue weighted by Gasteiger charge is 2.31. The third-order valence-electron chi connectivity index (χ3n) is 5.79. The summed E-state index contributed by atoms with van der Waals surface area (Å²) in [5.74, 6) is 0.820. The number of hydrogen-bond acceptors (Lipinski definition) is 1. The Kier molecular flexibility index (Phi) is 4.34. The van der Waals surface area contributed by atoms with Gasteiger partial charge >= 0.3 is 0 Å². The first-order valence-electron chi connectivity index (χ1n) is 9.61. The summed E-state index contributed by atoms with van der Waals surface area (Å²) in [6, 6.07) is 13.0. The molecule has 0 saturated carbocycles. The topological polar surface area (TPSA) is 20.2 Å². The van der Waals surface area contributed by atoms with Crippen molar-refractivity contribution in [1.82, 2.24) is 0 Å². The maximum absolute atomic E-state index is 11.3. The highest BCUT2D eigenvalue weighted by molar-refractivity contribution is 5.91. The highest BCUT2D eigenvalue weighted by atomic mass is 16.3. The van der Waals surface area contributed by atoms with Gasteiger partial charge in [-0.3, -0.25) is 0 Å². The van der Waals surface area contributed by atoms with E-state index in [2.05, 4.69) is 91.8 Å². The van der Waals surface area contributed by atoms with E-state index < -0.39 is 0 Å². The van der Waals surface area contributed by atoms with Crippen LogP contribution < -0.4 is 0 Å². The number of hydrogen-bond donors (Lipinski definition) is 1. The average Bonchev–Trinajstić information content (AvgIpc) is 2.78. The third-order valence-corrected chi connectivity index (χ3v) is 5.79. The van der Waals surface area contributed by atoms with Gasteiger partial charge in [-0.25, -0.2) is 0 Å². The summed E-state index contributed by atoms with van der Waals surface area (Å²) in [7, 11) is 0. The Morgan fingerprint density at radius 3 is 2.04 bits per heavy atom. The van der Waals surface area contributed by atoms with Gasteiger partial charge in [0.05, 0.1) is 0 Å². The summed E-state index contributed by atoms with van der Waals surface area (Å²) < 4.78 is 0. The van der Waals surface area contributed by atoms with E-state index in [0.717, 1.165) is 11.1 Å². The molecule has 0 fully saturated rings. The van der Waals surface area contributed by atoms with Gasteiger partial charge in [-0.05, 0) is 46.1 Å². The zero-order valence-electron chi connectivity index (χ0n) is 17.5. The van der Waals surface area contributed by atoms with E-state index in [1.54, 1.807) is 0 Å². The van der Waals surface area contributed by atoms with Crippen molar-refractivity contribution >= 4 is 5.57 Å². The largest absolute Gasteiger partial charge is 0.507 e. The lowest BCUT2D eigenvalue weighted by molar-refractivity contribution is 0.443. The second-order valence-electron chi connectivity index (χ2n) is 9.79. The highest BCUT2D eigenvalue weighted by Crippen LogP contribution is 2.49. The molecule has 0 bridgehead atoms. The molecule has 1 atom stereocenters. The fourth-order valence-corrected chi connectivity index (χ4v) is 3.95. The van der Waals surface area contributed by atoms with E-state index in [4.69, 9.17) is 0 Å². The van der Waals surface area contributed by atoms with Crippen LogP contribution in [0.4, 0.5) is 0 Å². The average molecular weight is 349 g/mol. The number of aromatic hydroxyl groups is 1. The third kappa shape index (κ3) is 2.98. The number of allylic oxidation sites excluding steroid dienone is 1. The van der Waals surface area contributed by atoms with E-state index in [9.17, 15) is 5.11 Å². The first-order chi connectivity index (χ1) is 11.9. The quantitative estimate of drug-likeness (QED) is 0.592. The van der Waals surface area contributed by atoms with E-state index in [1.165, 1.54) is 27.8 Å². The Bertz CT molecular complexity index is 885. The van der Waals surface area contributed by atoms with Gasteiger partial charge in [-0.2, -0.15) is 0 Å². The molecule has 1 unspecified atom stereocenters. The van der Waals surface area contributed by atoms with Gasteiger partial charge in [0.1, 0.15) is 5.75 Å². The summed E-state index contributed by atoms with van der Waals surface area (Å²) in [4.78, 5) is 0. The second-order valence-corrected chi connectivity index (χ2v) is 9.79. The van der Waals surface area contributed by atoms with Crippen LogP contribution in [0.3, 0.4) is 0 Å². The molecule has 138 valence electrons. The molecule has 0 aliphatic heterocycles. The van der Waals surface area contributed by atoms with Crippen molar-refractivity contribution < 1.29 is 5.11 Å². The number of benzene rings is 2. The fraction of sp³-hybridized carbons (Fsp3) is 0.440. The summed E-state index contributed by atoms with van der Waals surface area (Å²) in [6.45, 7) is 17.7. The van der Waals surface area contributed by atoms with E-state index in [1.807, 2.05) is 0 Å². The van der Waals surface area contributed by atoms with Gasteiger partial charge in [-0.1, -0.05) is 84.4 Å². The Morgan fingerprint density at radius 1 is 0.846 bits per heavy atom. The number of phenolic OH excluding ortho intramolecular Hbond substituents is 1. The summed E-state index contributed by atoms with van der Waals surface area (Å²) in [5.41, 5.74) is 8.37. The van der Waals surface area contributed by atoms with Crippen LogP contribution in [0.15, 0.2) is 42.0 Å². The fourth-order valence-electron chi connectivity index (χ4n) is 3.95. The maximum Gasteiger partial charge on any atom is 0.127 e. The lowest BCUT2D eigenvalue weighted by Gasteiger charge is -2.28. The first-order valence-corrected chi connectivity index (χ1v) is 9.61. The molecule has 2 aromatic rings. The molecule has 1 nitrogen and oxygen atoms in total. The monoisotopic (exact) mass is 348 g/mol. The summed E-state index contributed by atoms with van der Waals surface area (Å²) >= 11 is 0. The van der Waals surface area contributed by atoms with E-state index in [0.29, 0.717) is 11.7 Å². The van der Waals surface area contributed by atoms with Gasteiger partial charge in [-0.15, -0.1) is 0 Å². The molecule has 3 rings (SSSR count). The van der Waals surface area contributed by atoms with Gasteiger partial charge < -0.3 is 5.11 Å². The SMILES string of the molecule is CC1=C(c2cc(C(C)(C)C)cc(C(C)(C)C)c2O)c2ccccc2C1C. The molecule has 26 heavy (non-hydrogen) atoms. The van der Waals surface area contributed by atoms with Crippen molar-refractivity contribution in [3.8, 4) is 5.75 Å². The van der Waals surface area contributed by atoms with Crippen LogP contribution in [0.5, 0.6) is 5.75 Å². The molecule has 0 aromatic heterocycles. The van der Waals surface area contributed by atoms with Gasteiger partial charge in [0.25, 0.3) is 0 Å². The van der Waals surface area contributed by atoms with Gasteiger partial charge in [0.15, 0.2) is 0 Å². The van der Waals surface area contributed by atoms with Crippen molar-refractivity contribution in [2.75, 3.05) is 0 Å². The van der Waals surface area contributed by atoms with Crippen LogP contribution in [0.25, 0.3) is 5.57 Å². The van der Waals surface area contributed by atoms with Crippen LogP contribution in [0.1, 0.15) is 89.1 Å². The Balaban J connectivity index is 2.36. The van der Waals surface area contributed by atoms with Crippen molar-refractivity contribution in [3.05, 3.63) is 69.8 Å². The van der Waals surface area contributed by atoms with Crippen LogP contribution in [0, 0.1) is 0 Å². The molecule has 1 aliphatic carbocycles. The van der Waals surface area contributed by atoms with Crippen LogP contribution in [-0.2, 0) is 10.8 Å².